The van der Waals surface area contributed by atoms with E-state index in [0.717, 1.165) is 19.4 Å². The molecule has 1 heterocycles. The average Bonchev–Trinajstić information content (AvgIpc) is 2.28. The van der Waals surface area contributed by atoms with Crippen LogP contribution in [-0.2, 0) is 0 Å². The van der Waals surface area contributed by atoms with Crippen LogP contribution < -0.4 is 4.90 Å². The van der Waals surface area contributed by atoms with Gasteiger partial charge >= 0.3 is 0 Å². The summed E-state index contributed by atoms with van der Waals surface area (Å²) in [5.41, 5.74) is 0.651. The van der Waals surface area contributed by atoms with Crippen molar-refractivity contribution in [3.8, 4) is 6.07 Å². The highest BCUT2D eigenvalue weighted by Gasteiger charge is 2.21. The van der Waals surface area contributed by atoms with Crippen LogP contribution in [0.3, 0.4) is 0 Å². The third kappa shape index (κ3) is 2.00. The maximum atomic E-state index is 13.4. The number of rotatable bonds is 1. The summed E-state index contributed by atoms with van der Waals surface area (Å²) in [5.74, 6) is -0.500. The Morgan fingerprint density at radius 2 is 2.31 bits per heavy atom. The predicted molar refractivity (Wildman–Crippen MR) is 58.6 cm³/mol. The minimum atomic E-state index is -0.500. The highest BCUT2D eigenvalue weighted by atomic mass is 19.1. The van der Waals surface area contributed by atoms with Crippen LogP contribution in [0.15, 0.2) is 18.2 Å². The smallest absolute Gasteiger partial charge is 0.143 e. The number of nitrogens with zero attached hydrogens (tertiary/aromatic N) is 2. The molecule has 2 rings (SSSR count). The Morgan fingerprint density at radius 1 is 1.50 bits per heavy atom. The van der Waals surface area contributed by atoms with Crippen LogP contribution in [0.2, 0.25) is 0 Å². The van der Waals surface area contributed by atoms with Crippen molar-refractivity contribution in [1.82, 2.24) is 0 Å². The normalized spacial score (nSPS) is 20.6. The van der Waals surface area contributed by atoms with E-state index in [1.165, 1.54) is 6.07 Å². The standard InChI is InChI=1S/C12H13FN2O/c13-11-4-1-5-12(10(11)7-14)15-6-2-3-9(16)8-15/h1,4-5,9,16H,2-3,6,8H2/t9-/m1/s1. The molecule has 1 aromatic carbocycles. The molecule has 1 fully saturated rings. The molecule has 0 aliphatic carbocycles. The summed E-state index contributed by atoms with van der Waals surface area (Å²) in [6.07, 6.45) is 1.25. The molecule has 0 radical (unpaired) electrons. The van der Waals surface area contributed by atoms with Crippen LogP contribution in [0, 0.1) is 17.1 Å². The molecule has 1 aliphatic heterocycles. The minimum Gasteiger partial charge on any atom is -0.391 e. The van der Waals surface area contributed by atoms with Crippen molar-refractivity contribution in [3.63, 3.8) is 0 Å². The van der Waals surface area contributed by atoms with Crippen LogP contribution in [-0.4, -0.2) is 24.3 Å². The second kappa shape index (κ2) is 4.50. The Morgan fingerprint density at radius 3 is 3.00 bits per heavy atom. The van der Waals surface area contributed by atoms with E-state index in [1.54, 1.807) is 12.1 Å². The zero-order valence-electron chi connectivity index (χ0n) is 8.86. The van der Waals surface area contributed by atoms with Gasteiger partial charge in [-0.05, 0) is 25.0 Å². The third-order valence-corrected chi connectivity index (χ3v) is 2.84. The zero-order valence-corrected chi connectivity index (χ0v) is 8.86. The Bertz CT molecular complexity index is 428. The fraction of sp³-hybridized carbons (Fsp3) is 0.417. The molecule has 1 N–H and O–H groups in total. The Labute approximate surface area is 93.7 Å². The molecule has 84 valence electrons. The van der Waals surface area contributed by atoms with Gasteiger partial charge in [0.05, 0.1) is 11.8 Å². The van der Waals surface area contributed by atoms with E-state index in [1.807, 2.05) is 11.0 Å². The van der Waals surface area contributed by atoms with E-state index >= 15 is 0 Å². The molecule has 4 heteroatoms. The van der Waals surface area contributed by atoms with Gasteiger partial charge in [0.1, 0.15) is 17.4 Å². The minimum absolute atomic E-state index is 0.0663. The quantitative estimate of drug-likeness (QED) is 0.783. The lowest BCUT2D eigenvalue weighted by Gasteiger charge is -2.32. The zero-order chi connectivity index (χ0) is 11.5. The highest BCUT2D eigenvalue weighted by Crippen LogP contribution is 2.25. The summed E-state index contributed by atoms with van der Waals surface area (Å²) in [4.78, 5) is 1.87. The maximum absolute atomic E-state index is 13.4. The topological polar surface area (TPSA) is 47.3 Å². The predicted octanol–water partition coefficient (Wildman–Crippen LogP) is 1.66. The molecule has 16 heavy (non-hydrogen) atoms. The van der Waals surface area contributed by atoms with Gasteiger partial charge in [-0.3, -0.25) is 0 Å². The Kier molecular flexibility index (Phi) is 3.07. The maximum Gasteiger partial charge on any atom is 0.143 e. The SMILES string of the molecule is N#Cc1c(F)cccc1N1CCC[C@@H](O)C1. The summed E-state index contributed by atoms with van der Waals surface area (Å²) in [6, 6.07) is 6.47. The lowest BCUT2D eigenvalue weighted by Crippen LogP contribution is -2.38. The average molecular weight is 220 g/mol. The second-order valence-electron chi connectivity index (χ2n) is 3.99. The lowest BCUT2D eigenvalue weighted by atomic mass is 10.1. The molecule has 0 spiro atoms. The second-order valence-corrected chi connectivity index (χ2v) is 3.99. The van der Waals surface area contributed by atoms with Crippen molar-refractivity contribution in [2.24, 2.45) is 0 Å². The van der Waals surface area contributed by atoms with Gasteiger partial charge in [0.25, 0.3) is 0 Å². The summed E-state index contributed by atoms with van der Waals surface area (Å²) >= 11 is 0. The monoisotopic (exact) mass is 220 g/mol. The first-order valence-corrected chi connectivity index (χ1v) is 5.34. The first-order valence-electron chi connectivity index (χ1n) is 5.34. The van der Waals surface area contributed by atoms with Gasteiger partial charge in [0, 0.05) is 13.1 Å². The van der Waals surface area contributed by atoms with E-state index in [2.05, 4.69) is 0 Å². The molecule has 1 saturated heterocycles. The number of hydrogen-bond acceptors (Lipinski definition) is 3. The number of hydrogen-bond donors (Lipinski definition) is 1. The third-order valence-electron chi connectivity index (χ3n) is 2.84. The van der Waals surface area contributed by atoms with Gasteiger partial charge in [-0.25, -0.2) is 4.39 Å². The van der Waals surface area contributed by atoms with Gasteiger partial charge in [0.2, 0.25) is 0 Å². The first kappa shape index (κ1) is 10.9. The van der Waals surface area contributed by atoms with Crippen LogP contribution in [0.5, 0.6) is 0 Å². The van der Waals surface area contributed by atoms with Crippen molar-refractivity contribution in [3.05, 3.63) is 29.6 Å². The molecule has 1 aliphatic rings. The number of aliphatic hydroxyl groups excluding tert-OH is 1. The Balaban J connectivity index is 2.33. The number of aliphatic hydroxyl groups is 1. The fourth-order valence-electron chi connectivity index (χ4n) is 2.06. The number of β-amino-alcohol motifs (C(OH)–C–C–N with tert-alkyl or cyclic N) is 1. The van der Waals surface area contributed by atoms with Crippen LogP contribution in [0.4, 0.5) is 10.1 Å². The van der Waals surface area contributed by atoms with Crippen molar-refractivity contribution < 1.29 is 9.50 Å². The molecular formula is C12H13FN2O. The number of anilines is 1. The van der Waals surface area contributed by atoms with Crippen molar-refractivity contribution >= 4 is 5.69 Å². The summed E-state index contributed by atoms with van der Waals surface area (Å²) in [6.45, 7) is 1.23. The number of benzene rings is 1. The largest absolute Gasteiger partial charge is 0.391 e. The number of nitriles is 1. The summed E-state index contributed by atoms with van der Waals surface area (Å²) in [7, 11) is 0. The number of halogens is 1. The van der Waals surface area contributed by atoms with E-state index < -0.39 is 5.82 Å². The molecule has 0 saturated carbocycles. The highest BCUT2D eigenvalue weighted by molar-refractivity contribution is 5.60. The molecule has 1 aromatic rings. The molecule has 0 amide bonds. The van der Waals surface area contributed by atoms with Crippen LogP contribution in [0.1, 0.15) is 18.4 Å². The summed E-state index contributed by atoms with van der Waals surface area (Å²) < 4.78 is 13.4. The van der Waals surface area contributed by atoms with Crippen LogP contribution >= 0.6 is 0 Å². The molecule has 1 atom stereocenters. The van der Waals surface area contributed by atoms with Crippen molar-refractivity contribution in [2.45, 2.75) is 18.9 Å². The van der Waals surface area contributed by atoms with Gasteiger partial charge in [0.15, 0.2) is 0 Å². The first-order chi connectivity index (χ1) is 7.72. The van der Waals surface area contributed by atoms with E-state index in [9.17, 15) is 9.50 Å². The molecule has 0 unspecified atom stereocenters. The van der Waals surface area contributed by atoms with Crippen molar-refractivity contribution in [1.29, 1.82) is 5.26 Å². The summed E-state index contributed by atoms with van der Waals surface area (Å²) in [5, 5.41) is 18.5. The van der Waals surface area contributed by atoms with E-state index in [-0.39, 0.29) is 11.7 Å². The van der Waals surface area contributed by atoms with Gasteiger partial charge in [-0.15, -0.1) is 0 Å². The molecule has 0 aromatic heterocycles. The molecular weight excluding hydrogens is 207 g/mol. The van der Waals surface area contributed by atoms with Gasteiger partial charge in [-0.2, -0.15) is 5.26 Å². The van der Waals surface area contributed by atoms with E-state index in [4.69, 9.17) is 5.26 Å². The van der Waals surface area contributed by atoms with Gasteiger partial charge in [-0.1, -0.05) is 6.07 Å². The van der Waals surface area contributed by atoms with Crippen molar-refractivity contribution in [2.75, 3.05) is 18.0 Å². The number of piperidine rings is 1. The molecule has 0 bridgehead atoms. The molecule has 3 nitrogen and oxygen atoms in total. The van der Waals surface area contributed by atoms with E-state index in [0.29, 0.717) is 12.2 Å². The Hall–Kier alpha value is -1.60. The fourth-order valence-corrected chi connectivity index (χ4v) is 2.06. The van der Waals surface area contributed by atoms with Gasteiger partial charge < -0.3 is 10.0 Å². The van der Waals surface area contributed by atoms with Crippen LogP contribution in [0.25, 0.3) is 0 Å². The lowest BCUT2D eigenvalue weighted by molar-refractivity contribution is 0.154.